The van der Waals surface area contributed by atoms with Gasteiger partial charge in [-0.25, -0.2) is 0 Å². The summed E-state index contributed by atoms with van der Waals surface area (Å²) in [6.07, 6.45) is 1.88. The first-order valence-electron chi connectivity index (χ1n) is 7.68. The van der Waals surface area contributed by atoms with Gasteiger partial charge in [0.1, 0.15) is 5.75 Å². The Bertz CT molecular complexity index is 1040. The number of hydrogen-bond donors (Lipinski definition) is 1. The lowest BCUT2D eigenvalue weighted by molar-refractivity contribution is -0.113. The molecule has 3 aromatic rings. The van der Waals surface area contributed by atoms with E-state index in [0.717, 1.165) is 16.3 Å². The largest absolute Gasteiger partial charge is 0.508 e. The number of amides is 1. The predicted octanol–water partition coefficient (Wildman–Crippen LogP) is 4.95. The molecule has 0 aliphatic carbocycles. The van der Waals surface area contributed by atoms with E-state index in [-0.39, 0.29) is 11.7 Å². The SMILES string of the molecule is O=C1C(=Cc2cccc3ccccc23)SC(=S)N1c1cccc(O)c1. The van der Waals surface area contributed by atoms with Gasteiger partial charge in [0.2, 0.25) is 0 Å². The number of carbonyl (C=O) groups is 1. The Morgan fingerprint density at radius 1 is 1.00 bits per heavy atom. The minimum absolute atomic E-state index is 0.101. The molecule has 3 nitrogen and oxygen atoms in total. The molecule has 0 radical (unpaired) electrons. The fraction of sp³-hybridized carbons (Fsp3) is 0. The molecule has 1 fully saturated rings. The van der Waals surface area contributed by atoms with Crippen LogP contribution in [0.5, 0.6) is 5.75 Å². The maximum Gasteiger partial charge on any atom is 0.270 e. The molecule has 25 heavy (non-hydrogen) atoms. The van der Waals surface area contributed by atoms with Gasteiger partial charge in [0.25, 0.3) is 5.91 Å². The summed E-state index contributed by atoms with van der Waals surface area (Å²) in [5.74, 6) is -0.0712. The molecule has 4 rings (SSSR count). The van der Waals surface area contributed by atoms with Crippen LogP contribution in [0.2, 0.25) is 0 Å². The standard InChI is InChI=1S/C20H13NO2S2/c22-16-9-4-8-15(12-16)21-19(23)18(25-20(21)24)11-14-7-3-6-13-5-1-2-10-17(13)14/h1-12,22H. The Morgan fingerprint density at radius 3 is 2.60 bits per heavy atom. The van der Waals surface area contributed by atoms with Gasteiger partial charge < -0.3 is 5.11 Å². The number of thioether (sulfide) groups is 1. The van der Waals surface area contributed by atoms with E-state index in [0.29, 0.717) is 14.9 Å². The van der Waals surface area contributed by atoms with E-state index in [1.54, 1.807) is 18.2 Å². The van der Waals surface area contributed by atoms with Crippen LogP contribution in [-0.4, -0.2) is 15.3 Å². The van der Waals surface area contributed by atoms with Gasteiger partial charge >= 0.3 is 0 Å². The van der Waals surface area contributed by atoms with Crippen LogP contribution in [0.3, 0.4) is 0 Å². The molecule has 0 atom stereocenters. The van der Waals surface area contributed by atoms with Crippen LogP contribution in [0.15, 0.2) is 71.6 Å². The summed E-state index contributed by atoms with van der Waals surface area (Å²) >= 11 is 6.65. The molecule has 0 bridgehead atoms. The van der Waals surface area contributed by atoms with Crippen molar-refractivity contribution in [3.8, 4) is 5.75 Å². The van der Waals surface area contributed by atoms with Gasteiger partial charge in [0, 0.05) is 6.07 Å². The molecule has 5 heteroatoms. The second kappa shape index (κ2) is 6.35. The summed E-state index contributed by atoms with van der Waals surface area (Å²) in [6.45, 7) is 0. The second-order valence-corrected chi connectivity index (χ2v) is 7.28. The normalized spacial score (nSPS) is 16.2. The number of carbonyl (C=O) groups excluding carboxylic acids is 1. The van der Waals surface area contributed by atoms with Gasteiger partial charge in [-0.1, -0.05) is 72.5 Å². The van der Waals surface area contributed by atoms with Gasteiger partial charge in [-0.05, 0) is 34.5 Å². The first-order valence-corrected chi connectivity index (χ1v) is 8.91. The van der Waals surface area contributed by atoms with Crippen molar-refractivity contribution in [2.75, 3.05) is 4.90 Å². The molecule has 1 aliphatic heterocycles. The van der Waals surface area contributed by atoms with Crippen molar-refractivity contribution in [1.29, 1.82) is 0 Å². The van der Waals surface area contributed by atoms with Crippen LogP contribution in [0.4, 0.5) is 5.69 Å². The molecule has 0 spiro atoms. The minimum Gasteiger partial charge on any atom is -0.508 e. The first-order chi connectivity index (χ1) is 12.1. The molecule has 1 N–H and O–H groups in total. The van der Waals surface area contributed by atoms with E-state index in [1.807, 2.05) is 48.5 Å². The van der Waals surface area contributed by atoms with Crippen molar-refractivity contribution in [3.05, 3.63) is 77.2 Å². The average molecular weight is 363 g/mol. The molecule has 122 valence electrons. The molecular weight excluding hydrogens is 350 g/mol. The zero-order valence-electron chi connectivity index (χ0n) is 13.0. The number of thiocarbonyl (C=S) groups is 1. The summed E-state index contributed by atoms with van der Waals surface area (Å²) in [5.41, 5.74) is 1.55. The van der Waals surface area contributed by atoms with E-state index in [9.17, 15) is 9.90 Å². The molecule has 1 heterocycles. The van der Waals surface area contributed by atoms with Gasteiger partial charge in [-0.15, -0.1) is 0 Å². The Hall–Kier alpha value is -2.63. The summed E-state index contributed by atoms with van der Waals surface area (Å²) in [5, 5.41) is 11.9. The van der Waals surface area contributed by atoms with Crippen LogP contribution in [0.1, 0.15) is 5.56 Å². The van der Waals surface area contributed by atoms with Gasteiger partial charge in [0.15, 0.2) is 4.32 Å². The Balaban J connectivity index is 1.75. The Labute approximate surface area is 154 Å². The third kappa shape index (κ3) is 2.92. The maximum atomic E-state index is 12.8. The molecule has 0 saturated carbocycles. The third-order valence-electron chi connectivity index (χ3n) is 3.99. The highest BCUT2D eigenvalue weighted by atomic mass is 32.2. The molecule has 3 aromatic carbocycles. The number of phenolic OH excluding ortho intramolecular Hbond substituents is 1. The Morgan fingerprint density at radius 2 is 1.76 bits per heavy atom. The third-order valence-corrected chi connectivity index (χ3v) is 5.29. The van der Waals surface area contributed by atoms with Crippen LogP contribution in [-0.2, 0) is 4.79 Å². The van der Waals surface area contributed by atoms with E-state index in [1.165, 1.54) is 22.7 Å². The highest BCUT2D eigenvalue weighted by Gasteiger charge is 2.33. The average Bonchev–Trinajstić information content (AvgIpc) is 2.89. The lowest BCUT2D eigenvalue weighted by atomic mass is 10.0. The van der Waals surface area contributed by atoms with Crippen molar-refractivity contribution >= 4 is 56.7 Å². The minimum atomic E-state index is -0.173. The van der Waals surface area contributed by atoms with Crippen LogP contribution >= 0.6 is 24.0 Å². The molecular formula is C20H13NO2S2. The molecule has 1 amide bonds. The van der Waals surface area contributed by atoms with E-state index < -0.39 is 0 Å². The summed E-state index contributed by atoms with van der Waals surface area (Å²) in [4.78, 5) is 14.9. The molecule has 1 aliphatic rings. The number of fused-ring (bicyclic) bond motifs is 1. The lowest BCUT2D eigenvalue weighted by Gasteiger charge is -2.14. The molecule has 0 aromatic heterocycles. The van der Waals surface area contributed by atoms with Crippen molar-refractivity contribution in [3.63, 3.8) is 0 Å². The number of aromatic hydroxyl groups is 1. The van der Waals surface area contributed by atoms with E-state index in [4.69, 9.17) is 12.2 Å². The van der Waals surface area contributed by atoms with E-state index in [2.05, 4.69) is 0 Å². The number of hydrogen-bond acceptors (Lipinski definition) is 4. The predicted molar refractivity (Wildman–Crippen MR) is 108 cm³/mol. The number of rotatable bonds is 2. The Kier molecular flexibility index (Phi) is 4.03. The van der Waals surface area contributed by atoms with Crippen LogP contribution < -0.4 is 4.90 Å². The molecule has 0 unspecified atom stereocenters. The summed E-state index contributed by atoms with van der Waals surface area (Å²) in [6, 6.07) is 20.6. The number of phenols is 1. The zero-order valence-corrected chi connectivity index (χ0v) is 14.7. The fourth-order valence-electron chi connectivity index (χ4n) is 2.84. The monoisotopic (exact) mass is 363 g/mol. The van der Waals surface area contributed by atoms with Gasteiger partial charge in [0.05, 0.1) is 10.6 Å². The smallest absolute Gasteiger partial charge is 0.270 e. The molecule has 1 saturated heterocycles. The van der Waals surface area contributed by atoms with E-state index >= 15 is 0 Å². The number of anilines is 1. The van der Waals surface area contributed by atoms with Crippen molar-refractivity contribution in [2.45, 2.75) is 0 Å². The van der Waals surface area contributed by atoms with Crippen molar-refractivity contribution < 1.29 is 9.90 Å². The summed E-state index contributed by atoms with van der Waals surface area (Å²) < 4.78 is 0.460. The summed E-state index contributed by atoms with van der Waals surface area (Å²) in [7, 11) is 0. The van der Waals surface area contributed by atoms with Crippen LogP contribution in [0.25, 0.3) is 16.8 Å². The maximum absolute atomic E-state index is 12.8. The van der Waals surface area contributed by atoms with Crippen molar-refractivity contribution in [2.24, 2.45) is 0 Å². The topological polar surface area (TPSA) is 40.5 Å². The number of benzene rings is 3. The zero-order chi connectivity index (χ0) is 17.4. The van der Waals surface area contributed by atoms with Crippen LogP contribution in [0, 0.1) is 0 Å². The highest BCUT2D eigenvalue weighted by Crippen LogP contribution is 2.37. The van der Waals surface area contributed by atoms with Crippen molar-refractivity contribution in [1.82, 2.24) is 0 Å². The quantitative estimate of drug-likeness (QED) is 0.516. The number of nitrogens with zero attached hydrogens (tertiary/aromatic N) is 1. The van der Waals surface area contributed by atoms with Gasteiger partial charge in [-0.3, -0.25) is 9.69 Å². The second-order valence-electron chi connectivity index (χ2n) is 5.61. The fourth-order valence-corrected chi connectivity index (χ4v) is 4.13. The highest BCUT2D eigenvalue weighted by molar-refractivity contribution is 8.27. The lowest BCUT2D eigenvalue weighted by Crippen LogP contribution is -2.27. The first kappa shape index (κ1) is 15.9. The van der Waals surface area contributed by atoms with Gasteiger partial charge in [-0.2, -0.15) is 0 Å².